The van der Waals surface area contributed by atoms with Crippen molar-refractivity contribution in [3.8, 4) is 0 Å². The zero-order valence-electron chi connectivity index (χ0n) is 11.2. The van der Waals surface area contributed by atoms with E-state index in [0.717, 1.165) is 31.2 Å². The number of nitrogens with one attached hydrogen (secondary N) is 1. The summed E-state index contributed by atoms with van der Waals surface area (Å²) in [6, 6.07) is 6.75. The van der Waals surface area contributed by atoms with Crippen LogP contribution < -0.4 is 4.72 Å². The second-order valence-electron chi connectivity index (χ2n) is 5.39. The molecular weight excluding hydrogens is 262 g/mol. The summed E-state index contributed by atoms with van der Waals surface area (Å²) in [6.07, 6.45) is 4.10. The SMILES string of the molecule is Cc1ccc(S(=O)(=O)NCCC2(O)CCCC2)cc1. The van der Waals surface area contributed by atoms with E-state index in [1.807, 2.05) is 6.92 Å². The van der Waals surface area contributed by atoms with Gasteiger partial charge in [0.1, 0.15) is 0 Å². The van der Waals surface area contributed by atoms with Crippen LogP contribution in [0, 0.1) is 6.92 Å². The van der Waals surface area contributed by atoms with Crippen LogP contribution in [0.4, 0.5) is 0 Å². The van der Waals surface area contributed by atoms with E-state index in [2.05, 4.69) is 4.72 Å². The van der Waals surface area contributed by atoms with Crippen LogP contribution in [-0.2, 0) is 10.0 Å². The molecule has 0 spiro atoms. The maximum Gasteiger partial charge on any atom is 0.240 e. The van der Waals surface area contributed by atoms with Crippen molar-refractivity contribution in [2.24, 2.45) is 0 Å². The van der Waals surface area contributed by atoms with Crippen LogP contribution in [-0.4, -0.2) is 25.7 Å². The van der Waals surface area contributed by atoms with Gasteiger partial charge in [0.05, 0.1) is 10.5 Å². The van der Waals surface area contributed by atoms with Gasteiger partial charge in [-0.3, -0.25) is 0 Å². The van der Waals surface area contributed by atoms with Gasteiger partial charge in [0, 0.05) is 6.54 Å². The Morgan fingerprint density at radius 3 is 2.37 bits per heavy atom. The Labute approximate surface area is 114 Å². The summed E-state index contributed by atoms with van der Waals surface area (Å²) in [4.78, 5) is 0.275. The van der Waals surface area contributed by atoms with Gasteiger partial charge in [-0.05, 0) is 38.3 Å². The molecular formula is C14H21NO3S. The Hall–Kier alpha value is -0.910. The van der Waals surface area contributed by atoms with E-state index in [-0.39, 0.29) is 11.4 Å². The van der Waals surface area contributed by atoms with Gasteiger partial charge in [0.2, 0.25) is 10.0 Å². The Morgan fingerprint density at radius 2 is 1.79 bits per heavy atom. The monoisotopic (exact) mass is 283 g/mol. The maximum absolute atomic E-state index is 12.0. The highest BCUT2D eigenvalue weighted by Crippen LogP contribution is 2.31. The molecule has 1 fully saturated rings. The smallest absolute Gasteiger partial charge is 0.240 e. The standard InChI is InChI=1S/C14H21NO3S/c1-12-4-6-13(7-5-12)19(17,18)15-11-10-14(16)8-2-3-9-14/h4-7,15-16H,2-3,8-11H2,1H3. The van der Waals surface area contributed by atoms with Gasteiger partial charge in [-0.2, -0.15) is 0 Å². The quantitative estimate of drug-likeness (QED) is 0.868. The first-order valence-electron chi connectivity index (χ1n) is 6.70. The van der Waals surface area contributed by atoms with Crippen LogP contribution in [0.3, 0.4) is 0 Å². The minimum atomic E-state index is -3.46. The largest absolute Gasteiger partial charge is 0.390 e. The van der Waals surface area contributed by atoms with E-state index in [1.165, 1.54) is 0 Å². The maximum atomic E-state index is 12.0. The van der Waals surface area contributed by atoms with Gasteiger partial charge < -0.3 is 5.11 Å². The molecule has 1 saturated carbocycles. The van der Waals surface area contributed by atoms with Gasteiger partial charge in [-0.1, -0.05) is 30.5 Å². The first-order valence-corrected chi connectivity index (χ1v) is 8.18. The minimum absolute atomic E-state index is 0.275. The number of sulfonamides is 1. The molecule has 0 heterocycles. The fourth-order valence-electron chi connectivity index (χ4n) is 2.50. The molecule has 1 aliphatic rings. The second-order valence-corrected chi connectivity index (χ2v) is 7.16. The van der Waals surface area contributed by atoms with Gasteiger partial charge >= 0.3 is 0 Å². The molecule has 19 heavy (non-hydrogen) atoms. The summed E-state index contributed by atoms with van der Waals surface area (Å²) >= 11 is 0. The van der Waals surface area contributed by atoms with Crippen molar-refractivity contribution in [1.82, 2.24) is 4.72 Å². The lowest BCUT2D eigenvalue weighted by atomic mass is 9.98. The molecule has 0 amide bonds. The predicted octanol–water partition coefficient (Wildman–Crippen LogP) is 1.97. The number of aliphatic hydroxyl groups is 1. The van der Waals surface area contributed by atoms with E-state index in [9.17, 15) is 13.5 Å². The van der Waals surface area contributed by atoms with Crippen molar-refractivity contribution in [3.63, 3.8) is 0 Å². The van der Waals surface area contributed by atoms with E-state index < -0.39 is 15.6 Å². The minimum Gasteiger partial charge on any atom is -0.390 e. The number of rotatable bonds is 5. The lowest BCUT2D eigenvalue weighted by Crippen LogP contribution is -2.32. The highest BCUT2D eigenvalue weighted by molar-refractivity contribution is 7.89. The molecule has 0 saturated heterocycles. The normalized spacial score (nSPS) is 18.6. The number of aryl methyl sites for hydroxylation is 1. The van der Waals surface area contributed by atoms with Gasteiger partial charge in [-0.25, -0.2) is 13.1 Å². The predicted molar refractivity (Wildman–Crippen MR) is 74.4 cm³/mol. The number of hydrogen-bond acceptors (Lipinski definition) is 3. The third kappa shape index (κ3) is 3.78. The van der Waals surface area contributed by atoms with E-state index >= 15 is 0 Å². The van der Waals surface area contributed by atoms with Crippen LogP contribution in [0.1, 0.15) is 37.7 Å². The van der Waals surface area contributed by atoms with Crippen molar-refractivity contribution < 1.29 is 13.5 Å². The highest BCUT2D eigenvalue weighted by atomic mass is 32.2. The molecule has 5 heteroatoms. The lowest BCUT2D eigenvalue weighted by molar-refractivity contribution is 0.0405. The molecule has 0 radical (unpaired) electrons. The molecule has 1 aromatic rings. The Balaban J connectivity index is 1.92. The molecule has 106 valence electrons. The summed E-state index contributed by atoms with van der Waals surface area (Å²) in [6.45, 7) is 2.20. The third-order valence-corrected chi connectivity index (χ3v) is 5.22. The lowest BCUT2D eigenvalue weighted by Gasteiger charge is -2.21. The van der Waals surface area contributed by atoms with Gasteiger partial charge in [0.15, 0.2) is 0 Å². The van der Waals surface area contributed by atoms with Gasteiger partial charge in [0.25, 0.3) is 0 Å². The summed E-state index contributed by atoms with van der Waals surface area (Å²) in [5, 5.41) is 10.2. The van der Waals surface area contributed by atoms with Crippen molar-refractivity contribution in [2.45, 2.75) is 49.5 Å². The second kappa shape index (κ2) is 5.61. The zero-order valence-corrected chi connectivity index (χ0v) is 12.0. The van der Waals surface area contributed by atoms with E-state index in [1.54, 1.807) is 24.3 Å². The van der Waals surface area contributed by atoms with Crippen molar-refractivity contribution >= 4 is 10.0 Å². The van der Waals surface area contributed by atoms with Crippen LogP contribution >= 0.6 is 0 Å². The molecule has 0 bridgehead atoms. The van der Waals surface area contributed by atoms with Gasteiger partial charge in [-0.15, -0.1) is 0 Å². The topological polar surface area (TPSA) is 66.4 Å². The van der Waals surface area contributed by atoms with Crippen LogP contribution in [0.15, 0.2) is 29.2 Å². The average Bonchev–Trinajstić information content (AvgIpc) is 2.76. The highest BCUT2D eigenvalue weighted by Gasteiger charge is 2.30. The fraction of sp³-hybridized carbons (Fsp3) is 0.571. The Bertz CT molecular complexity index is 516. The molecule has 0 atom stereocenters. The van der Waals surface area contributed by atoms with Crippen LogP contribution in [0.25, 0.3) is 0 Å². The summed E-state index contributed by atoms with van der Waals surface area (Å²) in [5.41, 5.74) is 0.356. The van der Waals surface area contributed by atoms with Crippen molar-refractivity contribution in [2.75, 3.05) is 6.54 Å². The first kappa shape index (κ1) is 14.5. The van der Waals surface area contributed by atoms with Crippen molar-refractivity contribution in [3.05, 3.63) is 29.8 Å². The average molecular weight is 283 g/mol. The molecule has 2 N–H and O–H groups in total. The molecule has 0 unspecified atom stereocenters. The molecule has 1 aromatic carbocycles. The Kier molecular flexibility index (Phi) is 4.28. The first-order chi connectivity index (χ1) is 8.91. The third-order valence-electron chi connectivity index (χ3n) is 3.75. The summed E-state index contributed by atoms with van der Waals surface area (Å²) in [5.74, 6) is 0. The van der Waals surface area contributed by atoms with E-state index in [4.69, 9.17) is 0 Å². The molecule has 0 aromatic heterocycles. The molecule has 1 aliphatic carbocycles. The number of benzene rings is 1. The van der Waals surface area contributed by atoms with Crippen LogP contribution in [0.5, 0.6) is 0 Å². The zero-order chi connectivity index (χ0) is 13.9. The van der Waals surface area contributed by atoms with Crippen molar-refractivity contribution in [1.29, 1.82) is 0 Å². The summed E-state index contributed by atoms with van der Waals surface area (Å²) < 4.78 is 26.6. The van der Waals surface area contributed by atoms with E-state index in [0.29, 0.717) is 6.42 Å². The molecule has 0 aliphatic heterocycles. The Morgan fingerprint density at radius 1 is 1.21 bits per heavy atom. The van der Waals surface area contributed by atoms with Crippen LogP contribution in [0.2, 0.25) is 0 Å². The molecule has 4 nitrogen and oxygen atoms in total. The fourth-order valence-corrected chi connectivity index (χ4v) is 3.53. The molecule has 2 rings (SSSR count). The summed E-state index contributed by atoms with van der Waals surface area (Å²) in [7, 11) is -3.46. The number of hydrogen-bond donors (Lipinski definition) is 2.